The number of nitrogens with zero attached hydrogens (tertiary/aromatic N) is 2. The van der Waals surface area contributed by atoms with Crippen molar-refractivity contribution in [2.75, 3.05) is 11.9 Å². The molecule has 0 aliphatic heterocycles. The first-order valence-corrected chi connectivity index (χ1v) is 9.36. The minimum Gasteiger partial charge on any atom is -0.352 e. The Hall–Kier alpha value is -3.68. The van der Waals surface area contributed by atoms with Crippen molar-refractivity contribution < 1.29 is 9.59 Å². The van der Waals surface area contributed by atoms with Crippen molar-refractivity contribution in [2.45, 2.75) is 26.9 Å². The van der Waals surface area contributed by atoms with Crippen LogP contribution in [0.3, 0.4) is 0 Å². The van der Waals surface area contributed by atoms with Crippen LogP contribution in [-0.2, 0) is 17.9 Å². The molecule has 3 aromatic rings. The van der Waals surface area contributed by atoms with Gasteiger partial charge < -0.3 is 10.6 Å². The number of carbonyl (C=O) groups is 2. The van der Waals surface area contributed by atoms with Gasteiger partial charge in [0, 0.05) is 24.3 Å². The number of carbonyl (C=O) groups excluding carboxylic acids is 2. The summed E-state index contributed by atoms with van der Waals surface area (Å²) in [7, 11) is 0. The van der Waals surface area contributed by atoms with Gasteiger partial charge in [0.15, 0.2) is 0 Å². The van der Waals surface area contributed by atoms with Gasteiger partial charge in [-0.25, -0.2) is 4.79 Å². The van der Waals surface area contributed by atoms with Crippen LogP contribution in [0.2, 0.25) is 0 Å². The molecule has 1 aromatic heterocycles. The fourth-order valence-electron chi connectivity index (χ4n) is 3.15. The molecule has 8 nitrogen and oxygen atoms in total. The van der Waals surface area contributed by atoms with E-state index in [9.17, 15) is 19.2 Å². The van der Waals surface area contributed by atoms with Crippen molar-refractivity contribution in [1.29, 1.82) is 0 Å². The summed E-state index contributed by atoms with van der Waals surface area (Å²) in [5.74, 6) is -0.674. The maximum atomic E-state index is 12.7. The molecule has 1 heterocycles. The van der Waals surface area contributed by atoms with Crippen LogP contribution in [-0.4, -0.2) is 27.5 Å². The lowest BCUT2D eigenvalue weighted by Gasteiger charge is -2.13. The summed E-state index contributed by atoms with van der Waals surface area (Å²) in [5, 5.41) is 5.78. The second kappa shape index (κ2) is 8.55. The molecule has 0 bridgehead atoms. The van der Waals surface area contributed by atoms with Gasteiger partial charge in [-0.2, -0.15) is 0 Å². The van der Waals surface area contributed by atoms with E-state index in [1.54, 1.807) is 55.5 Å². The Morgan fingerprint density at radius 2 is 1.72 bits per heavy atom. The Balaban J connectivity index is 1.92. The zero-order valence-corrected chi connectivity index (χ0v) is 16.3. The van der Waals surface area contributed by atoms with Gasteiger partial charge in [-0.3, -0.25) is 23.5 Å². The molecule has 8 heteroatoms. The average molecular weight is 394 g/mol. The van der Waals surface area contributed by atoms with Gasteiger partial charge in [0.2, 0.25) is 5.91 Å². The number of nitrogens with one attached hydrogen (secondary N) is 2. The summed E-state index contributed by atoms with van der Waals surface area (Å²) in [6, 6.07) is 13.2. The summed E-state index contributed by atoms with van der Waals surface area (Å²) in [5.41, 5.74) is 0.354. The van der Waals surface area contributed by atoms with Gasteiger partial charge in [-0.1, -0.05) is 18.2 Å². The largest absolute Gasteiger partial charge is 0.352 e. The van der Waals surface area contributed by atoms with E-state index in [1.807, 2.05) is 6.92 Å². The standard InChI is InChI=1S/C21H22N4O4/c1-3-22-19(27)14-8-7-9-15(12-14)23-18(26)13-25-17-11-6-5-10-16(17)20(28)24(4-2)21(25)29/h5-12H,3-4,13H2,1-2H3,(H,22,27)(H,23,26). The summed E-state index contributed by atoms with van der Waals surface area (Å²) in [6.07, 6.45) is 0. The fraction of sp³-hybridized carbons (Fsp3) is 0.238. The number of hydrogen-bond acceptors (Lipinski definition) is 4. The molecule has 2 N–H and O–H groups in total. The smallest absolute Gasteiger partial charge is 0.331 e. The quantitative estimate of drug-likeness (QED) is 0.662. The molecular weight excluding hydrogens is 372 g/mol. The highest BCUT2D eigenvalue weighted by molar-refractivity contribution is 5.97. The van der Waals surface area contributed by atoms with Crippen LogP contribution in [0.4, 0.5) is 5.69 Å². The van der Waals surface area contributed by atoms with Crippen molar-refractivity contribution in [3.8, 4) is 0 Å². The highest BCUT2D eigenvalue weighted by atomic mass is 16.2. The van der Waals surface area contributed by atoms with Crippen molar-refractivity contribution in [3.63, 3.8) is 0 Å². The highest BCUT2D eigenvalue weighted by Crippen LogP contribution is 2.12. The van der Waals surface area contributed by atoms with E-state index in [2.05, 4.69) is 10.6 Å². The van der Waals surface area contributed by atoms with E-state index >= 15 is 0 Å². The number of fused-ring (bicyclic) bond motifs is 1. The third kappa shape index (κ3) is 4.11. The van der Waals surface area contributed by atoms with Gasteiger partial charge in [0.1, 0.15) is 6.54 Å². The Morgan fingerprint density at radius 1 is 0.966 bits per heavy atom. The van der Waals surface area contributed by atoms with Crippen LogP contribution in [0.5, 0.6) is 0 Å². The molecule has 0 atom stereocenters. The van der Waals surface area contributed by atoms with Crippen LogP contribution < -0.4 is 21.9 Å². The number of para-hydroxylation sites is 1. The van der Waals surface area contributed by atoms with Crippen LogP contribution in [0.25, 0.3) is 10.9 Å². The number of amides is 2. The lowest BCUT2D eigenvalue weighted by Crippen LogP contribution is -2.41. The van der Waals surface area contributed by atoms with Gasteiger partial charge >= 0.3 is 5.69 Å². The van der Waals surface area contributed by atoms with E-state index < -0.39 is 11.6 Å². The van der Waals surface area contributed by atoms with E-state index in [-0.39, 0.29) is 24.6 Å². The summed E-state index contributed by atoms with van der Waals surface area (Å²) in [6.45, 7) is 3.97. The second-order valence-corrected chi connectivity index (χ2v) is 6.42. The van der Waals surface area contributed by atoms with Crippen LogP contribution in [0, 0.1) is 0 Å². The SMILES string of the molecule is CCNC(=O)c1cccc(NC(=O)Cn2c(=O)n(CC)c(=O)c3ccccc32)c1. The minimum atomic E-state index is -0.539. The zero-order valence-electron chi connectivity index (χ0n) is 16.3. The topological polar surface area (TPSA) is 102 Å². The summed E-state index contributed by atoms with van der Waals surface area (Å²) < 4.78 is 2.38. The molecule has 0 unspecified atom stereocenters. The Labute approximate surface area is 166 Å². The molecule has 3 rings (SSSR count). The average Bonchev–Trinajstić information content (AvgIpc) is 2.72. The Morgan fingerprint density at radius 3 is 2.45 bits per heavy atom. The number of aromatic nitrogens is 2. The maximum absolute atomic E-state index is 12.7. The second-order valence-electron chi connectivity index (χ2n) is 6.42. The fourth-order valence-corrected chi connectivity index (χ4v) is 3.15. The van der Waals surface area contributed by atoms with Crippen LogP contribution in [0.1, 0.15) is 24.2 Å². The van der Waals surface area contributed by atoms with E-state index in [0.717, 1.165) is 4.57 Å². The van der Waals surface area contributed by atoms with Crippen molar-refractivity contribution in [1.82, 2.24) is 14.5 Å². The third-order valence-corrected chi connectivity index (χ3v) is 4.50. The Bertz CT molecular complexity index is 1190. The first kappa shape index (κ1) is 20.1. The molecule has 2 amide bonds. The lowest BCUT2D eigenvalue weighted by atomic mass is 10.2. The minimum absolute atomic E-state index is 0.207. The summed E-state index contributed by atoms with van der Waals surface area (Å²) in [4.78, 5) is 49.8. The molecule has 29 heavy (non-hydrogen) atoms. The van der Waals surface area contributed by atoms with Crippen molar-refractivity contribution in [3.05, 3.63) is 74.9 Å². The number of rotatable bonds is 6. The number of anilines is 1. The van der Waals surface area contributed by atoms with Crippen LogP contribution in [0.15, 0.2) is 58.1 Å². The van der Waals surface area contributed by atoms with E-state index in [1.165, 1.54) is 4.57 Å². The molecule has 0 aliphatic carbocycles. The van der Waals surface area contributed by atoms with Gasteiger partial charge in [0.25, 0.3) is 11.5 Å². The molecule has 0 radical (unpaired) electrons. The molecule has 0 saturated heterocycles. The third-order valence-electron chi connectivity index (χ3n) is 4.50. The summed E-state index contributed by atoms with van der Waals surface area (Å²) >= 11 is 0. The molecule has 0 aliphatic rings. The zero-order chi connectivity index (χ0) is 21.0. The first-order chi connectivity index (χ1) is 14.0. The normalized spacial score (nSPS) is 10.7. The predicted molar refractivity (Wildman–Crippen MR) is 111 cm³/mol. The van der Waals surface area contributed by atoms with Gasteiger partial charge in [-0.05, 0) is 44.2 Å². The van der Waals surface area contributed by atoms with Crippen molar-refractivity contribution >= 4 is 28.4 Å². The molecule has 0 fully saturated rings. The van der Waals surface area contributed by atoms with Gasteiger partial charge in [0.05, 0.1) is 10.9 Å². The van der Waals surface area contributed by atoms with E-state index in [4.69, 9.17) is 0 Å². The Kier molecular flexibility index (Phi) is 5.92. The molecule has 0 spiro atoms. The lowest BCUT2D eigenvalue weighted by molar-refractivity contribution is -0.116. The molecule has 150 valence electrons. The monoisotopic (exact) mass is 394 g/mol. The van der Waals surface area contributed by atoms with Crippen LogP contribution >= 0.6 is 0 Å². The molecule has 2 aromatic carbocycles. The number of hydrogen-bond donors (Lipinski definition) is 2. The number of benzene rings is 2. The van der Waals surface area contributed by atoms with Gasteiger partial charge in [-0.15, -0.1) is 0 Å². The van der Waals surface area contributed by atoms with Crippen molar-refractivity contribution in [2.24, 2.45) is 0 Å². The first-order valence-electron chi connectivity index (χ1n) is 9.36. The predicted octanol–water partition coefficient (Wildman–Crippen LogP) is 1.57. The molecule has 0 saturated carbocycles. The molecular formula is C21H22N4O4. The highest BCUT2D eigenvalue weighted by Gasteiger charge is 2.15. The van der Waals surface area contributed by atoms with E-state index in [0.29, 0.717) is 28.7 Å². The maximum Gasteiger partial charge on any atom is 0.331 e.